The highest BCUT2D eigenvalue weighted by molar-refractivity contribution is 6.30. The van der Waals surface area contributed by atoms with Crippen LogP contribution in [0.15, 0.2) is 48.5 Å². The largest absolute Gasteiger partial charge is 0.481 e. The first-order valence-electron chi connectivity index (χ1n) is 9.67. The Hall–Kier alpha value is -2.37. The minimum atomic E-state index is -0.555. The second kappa shape index (κ2) is 9.22. The standard InChI is InChI=1S/C22H25ClN2O3/c1-3-24-12-14-25(15-13-24)22(27)16(2)28-20-10-6-18(7-11-20)21(26)17-4-8-19(23)9-5-17/h4-11,16H,3,12-15H2,1-2H3/p+1/t16-/m1/s1. The zero-order valence-corrected chi connectivity index (χ0v) is 17.0. The molecule has 2 aromatic carbocycles. The van der Waals surface area contributed by atoms with Crippen LogP contribution >= 0.6 is 11.6 Å². The highest BCUT2D eigenvalue weighted by atomic mass is 35.5. The van der Waals surface area contributed by atoms with Gasteiger partial charge in [-0.15, -0.1) is 0 Å². The van der Waals surface area contributed by atoms with Gasteiger partial charge in [-0.3, -0.25) is 9.59 Å². The summed E-state index contributed by atoms with van der Waals surface area (Å²) in [6, 6.07) is 13.7. The van der Waals surface area contributed by atoms with E-state index in [1.54, 1.807) is 55.5 Å². The average molecular weight is 402 g/mol. The molecule has 0 aromatic heterocycles. The molecule has 1 N–H and O–H groups in total. The molecule has 0 radical (unpaired) electrons. The fourth-order valence-electron chi connectivity index (χ4n) is 3.36. The number of nitrogens with zero attached hydrogens (tertiary/aromatic N) is 1. The number of amides is 1. The van der Waals surface area contributed by atoms with Gasteiger partial charge < -0.3 is 14.5 Å². The lowest BCUT2D eigenvalue weighted by atomic mass is 10.0. The number of benzene rings is 2. The minimum absolute atomic E-state index is 0.0106. The molecular weight excluding hydrogens is 376 g/mol. The molecule has 1 fully saturated rings. The normalized spacial score (nSPS) is 15.9. The van der Waals surface area contributed by atoms with Gasteiger partial charge in [0.15, 0.2) is 11.9 Å². The molecule has 2 aromatic rings. The SMILES string of the molecule is CC[NH+]1CCN(C(=O)[C@@H](C)Oc2ccc(C(=O)c3ccc(Cl)cc3)cc2)CC1. The van der Waals surface area contributed by atoms with E-state index in [9.17, 15) is 9.59 Å². The van der Waals surface area contributed by atoms with Crippen molar-refractivity contribution >= 4 is 23.3 Å². The van der Waals surface area contributed by atoms with E-state index >= 15 is 0 Å². The van der Waals surface area contributed by atoms with Crippen molar-refractivity contribution in [2.45, 2.75) is 20.0 Å². The van der Waals surface area contributed by atoms with Gasteiger partial charge in [0.05, 0.1) is 32.7 Å². The number of likely N-dealkylation sites (N-methyl/N-ethyl adjacent to an activating group) is 1. The number of piperazine rings is 1. The van der Waals surface area contributed by atoms with Crippen LogP contribution in [0.5, 0.6) is 5.75 Å². The maximum Gasteiger partial charge on any atom is 0.263 e. The summed E-state index contributed by atoms with van der Waals surface area (Å²) < 4.78 is 5.81. The number of rotatable bonds is 6. The molecular formula is C22H26ClN2O3+. The Morgan fingerprint density at radius 3 is 2.11 bits per heavy atom. The van der Waals surface area contributed by atoms with Crippen molar-refractivity contribution in [2.24, 2.45) is 0 Å². The number of nitrogens with one attached hydrogen (secondary N) is 1. The number of halogens is 1. The Kier molecular flexibility index (Phi) is 6.70. The molecule has 0 bridgehead atoms. The predicted octanol–water partition coefficient (Wildman–Crippen LogP) is 2.09. The summed E-state index contributed by atoms with van der Waals surface area (Å²) in [7, 11) is 0. The van der Waals surface area contributed by atoms with E-state index in [0.29, 0.717) is 21.9 Å². The van der Waals surface area contributed by atoms with Crippen molar-refractivity contribution in [2.75, 3.05) is 32.7 Å². The molecule has 1 saturated heterocycles. The summed E-state index contributed by atoms with van der Waals surface area (Å²) in [6.45, 7) is 8.53. The van der Waals surface area contributed by atoms with E-state index in [2.05, 4.69) is 6.92 Å². The quantitative estimate of drug-likeness (QED) is 0.754. The molecule has 148 valence electrons. The van der Waals surface area contributed by atoms with Crippen LogP contribution in [-0.2, 0) is 4.79 Å². The zero-order chi connectivity index (χ0) is 20.1. The first-order valence-corrected chi connectivity index (χ1v) is 10.0. The molecule has 3 rings (SSSR count). The van der Waals surface area contributed by atoms with Crippen molar-refractivity contribution in [1.82, 2.24) is 4.90 Å². The Bertz CT molecular complexity index is 813. The lowest BCUT2D eigenvalue weighted by Gasteiger charge is -2.33. The Labute approximate surface area is 170 Å². The van der Waals surface area contributed by atoms with Crippen molar-refractivity contribution < 1.29 is 19.2 Å². The second-order valence-electron chi connectivity index (χ2n) is 7.05. The monoisotopic (exact) mass is 401 g/mol. The first kappa shape index (κ1) is 20.4. The van der Waals surface area contributed by atoms with Gasteiger partial charge >= 0.3 is 0 Å². The Balaban J connectivity index is 1.58. The van der Waals surface area contributed by atoms with Crippen LogP contribution in [-0.4, -0.2) is 55.4 Å². The van der Waals surface area contributed by atoms with Gasteiger partial charge in [0, 0.05) is 16.1 Å². The maximum atomic E-state index is 12.6. The zero-order valence-electron chi connectivity index (χ0n) is 16.3. The van der Waals surface area contributed by atoms with E-state index in [1.807, 2.05) is 4.90 Å². The number of carbonyl (C=O) groups is 2. The van der Waals surface area contributed by atoms with Crippen molar-refractivity contribution in [3.05, 3.63) is 64.7 Å². The van der Waals surface area contributed by atoms with Crippen LogP contribution < -0.4 is 9.64 Å². The molecule has 0 saturated carbocycles. The van der Waals surface area contributed by atoms with Gasteiger partial charge in [0.1, 0.15) is 5.75 Å². The van der Waals surface area contributed by atoms with Gasteiger partial charge in [-0.05, 0) is 62.4 Å². The molecule has 0 spiro atoms. The maximum absolute atomic E-state index is 12.6. The van der Waals surface area contributed by atoms with Crippen molar-refractivity contribution in [3.63, 3.8) is 0 Å². The molecule has 1 aliphatic rings. The number of hydrogen-bond donors (Lipinski definition) is 1. The van der Waals surface area contributed by atoms with Gasteiger partial charge in [0.2, 0.25) is 0 Å². The third-order valence-corrected chi connectivity index (χ3v) is 5.42. The lowest BCUT2D eigenvalue weighted by Crippen LogP contribution is -3.14. The van der Waals surface area contributed by atoms with Crippen LogP contribution in [0.4, 0.5) is 0 Å². The molecule has 5 nitrogen and oxygen atoms in total. The third-order valence-electron chi connectivity index (χ3n) is 5.17. The predicted molar refractivity (Wildman–Crippen MR) is 109 cm³/mol. The summed E-state index contributed by atoms with van der Waals surface area (Å²) in [6.07, 6.45) is -0.555. The number of hydrogen-bond acceptors (Lipinski definition) is 3. The lowest BCUT2D eigenvalue weighted by molar-refractivity contribution is -0.902. The molecule has 1 aliphatic heterocycles. The van der Waals surface area contributed by atoms with E-state index < -0.39 is 6.10 Å². The summed E-state index contributed by atoms with van der Waals surface area (Å²) in [5, 5.41) is 0.594. The van der Waals surface area contributed by atoms with Gasteiger partial charge in [-0.25, -0.2) is 0 Å². The third kappa shape index (κ3) is 4.91. The van der Waals surface area contributed by atoms with Crippen molar-refractivity contribution in [1.29, 1.82) is 0 Å². The van der Waals surface area contributed by atoms with Crippen LogP contribution in [0.25, 0.3) is 0 Å². The second-order valence-corrected chi connectivity index (χ2v) is 7.49. The molecule has 0 aliphatic carbocycles. The highest BCUT2D eigenvalue weighted by Crippen LogP contribution is 2.18. The fourth-order valence-corrected chi connectivity index (χ4v) is 3.49. The smallest absolute Gasteiger partial charge is 0.263 e. The number of ether oxygens (including phenoxy) is 1. The summed E-state index contributed by atoms with van der Waals surface area (Å²) in [4.78, 5) is 28.5. The molecule has 1 atom stereocenters. The van der Waals surface area contributed by atoms with Gasteiger partial charge in [-0.2, -0.15) is 0 Å². The number of quaternary nitrogens is 1. The van der Waals surface area contributed by atoms with Crippen LogP contribution in [0, 0.1) is 0 Å². The number of carbonyl (C=O) groups excluding carboxylic acids is 2. The van der Waals surface area contributed by atoms with Crippen molar-refractivity contribution in [3.8, 4) is 5.75 Å². The van der Waals surface area contributed by atoms with E-state index in [4.69, 9.17) is 16.3 Å². The summed E-state index contributed by atoms with van der Waals surface area (Å²) in [5.41, 5.74) is 1.14. The summed E-state index contributed by atoms with van der Waals surface area (Å²) >= 11 is 5.87. The highest BCUT2D eigenvalue weighted by Gasteiger charge is 2.27. The van der Waals surface area contributed by atoms with Gasteiger partial charge in [0.25, 0.3) is 5.91 Å². The fraction of sp³-hybridized carbons (Fsp3) is 0.364. The Morgan fingerprint density at radius 1 is 1.04 bits per heavy atom. The van der Waals surface area contributed by atoms with Crippen LogP contribution in [0.2, 0.25) is 5.02 Å². The van der Waals surface area contributed by atoms with E-state index in [0.717, 1.165) is 32.7 Å². The number of ketones is 1. The van der Waals surface area contributed by atoms with Gasteiger partial charge in [-0.1, -0.05) is 11.6 Å². The first-order chi connectivity index (χ1) is 13.5. The minimum Gasteiger partial charge on any atom is -0.481 e. The van der Waals surface area contributed by atoms with Crippen LogP contribution in [0.3, 0.4) is 0 Å². The average Bonchev–Trinajstić information content (AvgIpc) is 2.74. The molecule has 28 heavy (non-hydrogen) atoms. The summed E-state index contributed by atoms with van der Waals surface area (Å²) in [5.74, 6) is 0.506. The topological polar surface area (TPSA) is 51.1 Å². The molecule has 6 heteroatoms. The molecule has 1 amide bonds. The Morgan fingerprint density at radius 2 is 1.57 bits per heavy atom. The molecule has 1 heterocycles. The van der Waals surface area contributed by atoms with E-state index in [1.165, 1.54) is 4.90 Å². The van der Waals surface area contributed by atoms with E-state index in [-0.39, 0.29) is 11.7 Å². The van der Waals surface area contributed by atoms with Crippen LogP contribution in [0.1, 0.15) is 29.8 Å². The molecule has 0 unspecified atom stereocenters.